The monoisotopic (exact) mass is 242 g/mol. The number of hydrogen-bond acceptors (Lipinski definition) is 3. The summed E-state index contributed by atoms with van der Waals surface area (Å²) in [6.07, 6.45) is 2.27. The number of carboxylic acids is 1. The summed E-state index contributed by atoms with van der Waals surface area (Å²) in [5.41, 5.74) is 0. The number of likely N-dealkylation sites (tertiary alicyclic amines) is 1. The van der Waals surface area contributed by atoms with E-state index >= 15 is 0 Å². The van der Waals surface area contributed by atoms with E-state index in [4.69, 9.17) is 5.11 Å². The van der Waals surface area contributed by atoms with E-state index in [1.54, 1.807) is 0 Å². The number of aliphatic carboxylic acids is 1. The maximum atomic E-state index is 11.6. The lowest BCUT2D eigenvalue weighted by Crippen LogP contribution is -2.52. The van der Waals surface area contributed by atoms with E-state index in [-0.39, 0.29) is 24.3 Å². The lowest BCUT2D eigenvalue weighted by atomic mass is 9.96. The van der Waals surface area contributed by atoms with Gasteiger partial charge in [-0.3, -0.25) is 14.5 Å². The van der Waals surface area contributed by atoms with Gasteiger partial charge in [0, 0.05) is 19.1 Å². The molecule has 1 heterocycles. The Kier molecular flexibility index (Phi) is 5.41. The molecular weight excluding hydrogens is 220 g/mol. The van der Waals surface area contributed by atoms with Crippen LogP contribution in [0.15, 0.2) is 0 Å². The van der Waals surface area contributed by atoms with Gasteiger partial charge >= 0.3 is 5.97 Å². The zero-order valence-electron chi connectivity index (χ0n) is 10.6. The van der Waals surface area contributed by atoms with Crippen LogP contribution >= 0.6 is 0 Å². The van der Waals surface area contributed by atoms with Crippen molar-refractivity contribution in [3.8, 4) is 0 Å². The summed E-state index contributed by atoms with van der Waals surface area (Å²) in [5.74, 6) is -0.497. The Morgan fingerprint density at radius 3 is 2.65 bits per heavy atom. The van der Waals surface area contributed by atoms with Crippen LogP contribution in [0.4, 0.5) is 0 Å². The smallest absolute Gasteiger partial charge is 0.303 e. The first kappa shape index (κ1) is 14.0. The first-order valence-corrected chi connectivity index (χ1v) is 6.24. The van der Waals surface area contributed by atoms with Gasteiger partial charge in [0.2, 0.25) is 5.91 Å². The van der Waals surface area contributed by atoms with Crippen LogP contribution in [0, 0.1) is 5.92 Å². The molecule has 1 fully saturated rings. The van der Waals surface area contributed by atoms with Gasteiger partial charge < -0.3 is 10.4 Å². The van der Waals surface area contributed by atoms with Crippen LogP contribution in [0.3, 0.4) is 0 Å². The van der Waals surface area contributed by atoms with Crippen molar-refractivity contribution in [3.63, 3.8) is 0 Å². The van der Waals surface area contributed by atoms with E-state index < -0.39 is 5.97 Å². The van der Waals surface area contributed by atoms with Crippen molar-refractivity contribution in [2.24, 2.45) is 5.92 Å². The van der Waals surface area contributed by atoms with Crippen LogP contribution in [0.2, 0.25) is 0 Å². The van der Waals surface area contributed by atoms with Crippen LogP contribution in [-0.4, -0.2) is 47.6 Å². The molecule has 1 atom stereocenters. The topological polar surface area (TPSA) is 69.6 Å². The molecule has 0 aromatic carbocycles. The third-order valence-corrected chi connectivity index (χ3v) is 2.99. The van der Waals surface area contributed by atoms with Crippen LogP contribution < -0.4 is 5.32 Å². The molecule has 0 radical (unpaired) electrons. The van der Waals surface area contributed by atoms with Crippen LogP contribution in [-0.2, 0) is 9.59 Å². The van der Waals surface area contributed by atoms with Gasteiger partial charge in [-0.05, 0) is 19.3 Å². The molecule has 0 aromatic rings. The average Bonchev–Trinajstić information content (AvgIpc) is 2.13. The summed E-state index contributed by atoms with van der Waals surface area (Å²) in [5, 5.41) is 11.5. The third-order valence-electron chi connectivity index (χ3n) is 2.99. The second-order valence-electron chi connectivity index (χ2n) is 4.92. The number of nitrogens with one attached hydrogen (secondary N) is 1. The molecule has 2 N–H and O–H groups in total. The number of nitrogens with zero attached hydrogens (tertiary/aromatic N) is 1. The highest BCUT2D eigenvalue weighted by Gasteiger charge is 2.29. The highest BCUT2D eigenvalue weighted by molar-refractivity contribution is 5.78. The molecule has 1 rings (SSSR count). The van der Waals surface area contributed by atoms with Crippen LogP contribution in [0.1, 0.15) is 33.1 Å². The first-order chi connectivity index (χ1) is 8.01. The van der Waals surface area contributed by atoms with Crippen molar-refractivity contribution in [1.82, 2.24) is 10.2 Å². The molecule has 1 aliphatic heterocycles. The SMILES string of the molecule is CCCC(C)NC(=O)CN1CC(CC(=O)O)C1. The first-order valence-electron chi connectivity index (χ1n) is 6.24. The van der Waals surface area contributed by atoms with Gasteiger partial charge in [0.1, 0.15) is 0 Å². The highest BCUT2D eigenvalue weighted by atomic mass is 16.4. The van der Waals surface area contributed by atoms with E-state index in [9.17, 15) is 9.59 Å². The fourth-order valence-electron chi connectivity index (χ4n) is 2.21. The maximum absolute atomic E-state index is 11.6. The van der Waals surface area contributed by atoms with Crippen molar-refractivity contribution in [2.45, 2.75) is 39.2 Å². The van der Waals surface area contributed by atoms with Crippen molar-refractivity contribution in [1.29, 1.82) is 0 Å². The standard InChI is InChI=1S/C12H22N2O3/c1-3-4-9(2)13-11(15)8-14-6-10(7-14)5-12(16)17/h9-10H,3-8H2,1-2H3,(H,13,15)(H,16,17). The summed E-state index contributed by atoms with van der Waals surface area (Å²) in [7, 11) is 0. The largest absolute Gasteiger partial charge is 0.481 e. The van der Waals surface area contributed by atoms with Crippen LogP contribution in [0.5, 0.6) is 0 Å². The number of hydrogen-bond donors (Lipinski definition) is 2. The average molecular weight is 242 g/mol. The molecule has 0 aliphatic carbocycles. The second kappa shape index (κ2) is 6.59. The van der Waals surface area contributed by atoms with Crippen molar-refractivity contribution in [2.75, 3.05) is 19.6 Å². The molecule has 5 nitrogen and oxygen atoms in total. The molecular formula is C12H22N2O3. The highest BCUT2D eigenvalue weighted by Crippen LogP contribution is 2.18. The quantitative estimate of drug-likeness (QED) is 0.689. The van der Waals surface area contributed by atoms with Gasteiger partial charge in [0.25, 0.3) is 0 Å². The fourth-order valence-corrected chi connectivity index (χ4v) is 2.21. The fraction of sp³-hybridized carbons (Fsp3) is 0.833. The molecule has 0 aromatic heterocycles. The number of carboxylic acid groups (broad SMARTS) is 1. The van der Waals surface area contributed by atoms with Gasteiger partial charge in [-0.25, -0.2) is 0 Å². The number of carbonyl (C=O) groups is 2. The van der Waals surface area contributed by atoms with Gasteiger partial charge in [-0.15, -0.1) is 0 Å². The molecule has 98 valence electrons. The number of rotatable bonds is 7. The van der Waals surface area contributed by atoms with E-state index in [0.717, 1.165) is 25.9 Å². The third kappa shape index (κ3) is 5.17. The zero-order chi connectivity index (χ0) is 12.8. The molecule has 1 aliphatic rings. The molecule has 1 unspecified atom stereocenters. The lowest BCUT2D eigenvalue weighted by molar-refractivity contribution is -0.139. The Labute approximate surface area is 102 Å². The molecule has 1 saturated heterocycles. The predicted octanol–water partition coefficient (Wildman–Crippen LogP) is 0.698. The second-order valence-corrected chi connectivity index (χ2v) is 4.92. The summed E-state index contributed by atoms with van der Waals surface area (Å²) in [6, 6.07) is 0.226. The van der Waals surface area contributed by atoms with Gasteiger partial charge in [0.05, 0.1) is 13.0 Å². The molecule has 5 heteroatoms. The van der Waals surface area contributed by atoms with Gasteiger partial charge in [-0.2, -0.15) is 0 Å². The molecule has 0 saturated carbocycles. The number of carbonyl (C=O) groups excluding carboxylic acids is 1. The number of amides is 1. The van der Waals surface area contributed by atoms with E-state index in [1.807, 2.05) is 11.8 Å². The minimum absolute atomic E-state index is 0.0414. The van der Waals surface area contributed by atoms with Crippen LogP contribution in [0.25, 0.3) is 0 Å². The summed E-state index contributed by atoms with van der Waals surface area (Å²) >= 11 is 0. The summed E-state index contributed by atoms with van der Waals surface area (Å²) in [6.45, 7) is 5.94. The summed E-state index contributed by atoms with van der Waals surface area (Å²) in [4.78, 5) is 24.0. The molecule has 17 heavy (non-hydrogen) atoms. The van der Waals surface area contributed by atoms with Crippen molar-refractivity contribution in [3.05, 3.63) is 0 Å². The van der Waals surface area contributed by atoms with Gasteiger partial charge in [-0.1, -0.05) is 13.3 Å². The Morgan fingerprint density at radius 2 is 2.12 bits per heavy atom. The minimum atomic E-state index is -0.754. The Bertz CT molecular complexity index is 275. The summed E-state index contributed by atoms with van der Waals surface area (Å²) < 4.78 is 0. The predicted molar refractivity (Wildman–Crippen MR) is 64.7 cm³/mol. The molecule has 1 amide bonds. The van der Waals surface area contributed by atoms with Gasteiger partial charge in [0.15, 0.2) is 0 Å². The Balaban J connectivity index is 2.11. The lowest BCUT2D eigenvalue weighted by Gasteiger charge is -2.38. The van der Waals surface area contributed by atoms with E-state index in [1.165, 1.54) is 0 Å². The molecule has 0 bridgehead atoms. The van der Waals surface area contributed by atoms with Crippen molar-refractivity contribution < 1.29 is 14.7 Å². The maximum Gasteiger partial charge on any atom is 0.303 e. The van der Waals surface area contributed by atoms with Crippen molar-refractivity contribution >= 4 is 11.9 Å². The Hall–Kier alpha value is -1.10. The Morgan fingerprint density at radius 1 is 1.47 bits per heavy atom. The zero-order valence-corrected chi connectivity index (χ0v) is 10.6. The minimum Gasteiger partial charge on any atom is -0.481 e. The normalized spacial score (nSPS) is 18.5. The van der Waals surface area contributed by atoms with E-state index in [0.29, 0.717) is 6.54 Å². The molecule has 0 spiro atoms. The van der Waals surface area contributed by atoms with E-state index in [2.05, 4.69) is 12.2 Å².